The summed E-state index contributed by atoms with van der Waals surface area (Å²) in [4.78, 5) is 44.7. The predicted molar refractivity (Wildman–Crippen MR) is 107 cm³/mol. The van der Waals surface area contributed by atoms with Gasteiger partial charge in [0.15, 0.2) is 0 Å². The highest BCUT2D eigenvalue weighted by atomic mass is 16.6. The highest BCUT2D eigenvalue weighted by molar-refractivity contribution is 5.96. The zero-order valence-corrected chi connectivity index (χ0v) is 17.7. The van der Waals surface area contributed by atoms with Crippen molar-refractivity contribution in [1.29, 1.82) is 0 Å². The van der Waals surface area contributed by atoms with Gasteiger partial charge in [0.2, 0.25) is 0 Å². The second-order valence-corrected chi connectivity index (χ2v) is 8.66. The van der Waals surface area contributed by atoms with E-state index >= 15 is 0 Å². The SMILES string of the molecule is CCc1cc2[nH]c3c(c(=O)n2n1)CN(C[C@@H]1COCCN1C(=O)OC(C)(C)C)C3=O. The first kappa shape index (κ1) is 20.4. The fraction of sp³-hybridized carbons (Fsp3) is 0.600. The van der Waals surface area contributed by atoms with E-state index in [9.17, 15) is 14.4 Å². The zero-order valence-electron chi connectivity index (χ0n) is 17.7. The Hall–Kier alpha value is -2.88. The van der Waals surface area contributed by atoms with Crippen molar-refractivity contribution >= 4 is 17.6 Å². The molecule has 4 rings (SSSR count). The van der Waals surface area contributed by atoms with Crippen molar-refractivity contribution in [3.63, 3.8) is 0 Å². The summed E-state index contributed by atoms with van der Waals surface area (Å²) in [6.07, 6.45) is 0.267. The monoisotopic (exact) mass is 417 g/mol. The number of aromatic nitrogens is 3. The molecule has 1 fully saturated rings. The molecule has 0 spiro atoms. The van der Waals surface area contributed by atoms with Gasteiger partial charge in [-0.15, -0.1) is 0 Å². The lowest BCUT2D eigenvalue weighted by Crippen LogP contribution is -2.54. The minimum atomic E-state index is -0.613. The molecule has 0 radical (unpaired) electrons. The zero-order chi connectivity index (χ0) is 21.6. The van der Waals surface area contributed by atoms with E-state index in [1.54, 1.807) is 15.9 Å². The van der Waals surface area contributed by atoms with Crippen molar-refractivity contribution < 1.29 is 19.1 Å². The maximum atomic E-state index is 13.0. The number of amides is 2. The minimum absolute atomic E-state index is 0.166. The van der Waals surface area contributed by atoms with Crippen LogP contribution in [0.25, 0.3) is 5.65 Å². The Bertz CT molecular complexity index is 1050. The molecule has 10 heteroatoms. The summed E-state index contributed by atoms with van der Waals surface area (Å²) in [7, 11) is 0. The number of nitrogens with one attached hydrogen (secondary N) is 1. The van der Waals surface area contributed by atoms with Crippen LogP contribution in [0.5, 0.6) is 0 Å². The molecule has 10 nitrogen and oxygen atoms in total. The second kappa shape index (κ2) is 7.42. The van der Waals surface area contributed by atoms with Crippen LogP contribution in [0.2, 0.25) is 0 Å². The topological polar surface area (TPSA) is 109 Å². The van der Waals surface area contributed by atoms with Gasteiger partial charge in [0.1, 0.15) is 16.9 Å². The fourth-order valence-corrected chi connectivity index (χ4v) is 3.80. The molecule has 1 atom stereocenters. The van der Waals surface area contributed by atoms with Gasteiger partial charge >= 0.3 is 6.09 Å². The number of hydrogen-bond donors (Lipinski definition) is 1. The molecular formula is C20H27N5O5. The first-order chi connectivity index (χ1) is 14.2. The number of hydrogen-bond acceptors (Lipinski definition) is 6. The van der Waals surface area contributed by atoms with Gasteiger partial charge in [-0.1, -0.05) is 6.92 Å². The number of carbonyl (C=O) groups excluding carboxylic acids is 2. The summed E-state index contributed by atoms with van der Waals surface area (Å²) in [5.74, 6) is -0.265. The molecule has 2 aromatic rings. The van der Waals surface area contributed by atoms with Crippen LogP contribution in [0.4, 0.5) is 4.79 Å². The van der Waals surface area contributed by atoms with E-state index in [1.165, 1.54) is 4.52 Å². The Balaban J connectivity index is 1.56. The molecule has 2 aliphatic rings. The Kier molecular flexibility index (Phi) is 5.05. The molecular weight excluding hydrogens is 390 g/mol. The summed E-state index contributed by atoms with van der Waals surface area (Å²) in [5, 5.41) is 4.30. The molecule has 2 aromatic heterocycles. The molecule has 4 heterocycles. The van der Waals surface area contributed by atoms with E-state index in [-0.39, 0.29) is 36.3 Å². The summed E-state index contributed by atoms with van der Waals surface area (Å²) in [6.45, 7) is 8.92. The van der Waals surface area contributed by atoms with Crippen molar-refractivity contribution in [3.8, 4) is 0 Å². The molecule has 162 valence electrons. The van der Waals surface area contributed by atoms with Crippen LogP contribution in [-0.4, -0.2) is 74.3 Å². The number of morpholine rings is 1. The van der Waals surface area contributed by atoms with Gasteiger partial charge in [-0.05, 0) is 27.2 Å². The molecule has 30 heavy (non-hydrogen) atoms. The molecule has 1 N–H and O–H groups in total. The third-order valence-electron chi connectivity index (χ3n) is 5.26. The highest BCUT2D eigenvalue weighted by Crippen LogP contribution is 2.22. The Morgan fingerprint density at radius 2 is 2.13 bits per heavy atom. The van der Waals surface area contributed by atoms with Crippen molar-refractivity contribution in [1.82, 2.24) is 24.4 Å². The molecule has 2 aliphatic heterocycles. The second-order valence-electron chi connectivity index (χ2n) is 8.66. The summed E-state index contributed by atoms with van der Waals surface area (Å²) < 4.78 is 12.4. The predicted octanol–water partition coefficient (Wildman–Crippen LogP) is 1.18. The van der Waals surface area contributed by atoms with E-state index in [0.29, 0.717) is 37.4 Å². The third-order valence-corrected chi connectivity index (χ3v) is 5.26. The van der Waals surface area contributed by atoms with Gasteiger partial charge < -0.3 is 19.4 Å². The Morgan fingerprint density at radius 1 is 1.37 bits per heavy atom. The van der Waals surface area contributed by atoms with Gasteiger partial charge in [0.25, 0.3) is 11.5 Å². The van der Waals surface area contributed by atoms with Crippen molar-refractivity contribution in [2.75, 3.05) is 26.3 Å². The Morgan fingerprint density at radius 3 is 2.83 bits per heavy atom. The largest absolute Gasteiger partial charge is 0.444 e. The molecule has 1 saturated heterocycles. The number of rotatable bonds is 3. The van der Waals surface area contributed by atoms with Gasteiger partial charge in [-0.25, -0.2) is 4.79 Å². The van der Waals surface area contributed by atoms with Crippen LogP contribution in [-0.2, 0) is 22.4 Å². The van der Waals surface area contributed by atoms with Crippen molar-refractivity contribution in [2.24, 2.45) is 0 Å². The summed E-state index contributed by atoms with van der Waals surface area (Å²) in [6, 6.07) is 1.43. The number of fused-ring (bicyclic) bond motifs is 2. The number of aromatic amines is 1. The van der Waals surface area contributed by atoms with Gasteiger partial charge in [-0.3, -0.25) is 14.5 Å². The molecule has 0 aliphatic carbocycles. The van der Waals surface area contributed by atoms with Crippen LogP contribution < -0.4 is 5.56 Å². The van der Waals surface area contributed by atoms with E-state index < -0.39 is 11.7 Å². The molecule has 0 saturated carbocycles. The molecule has 0 unspecified atom stereocenters. The minimum Gasteiger partial charge on any atom is -0.444 e. The first-order valence-corrected chi connectivity index (χ1v) is 10.2. The lowest BCUT2D eigenvalue weighted by Gasteiger charge is -2.38. The molecule has 2 amide bonds. The summed E-state index contributed by atoms with van der Waals surface area (Å²) >= 11 is 0. The lowest BCUT2D eigenvalue weighted by molar-refractivity contribution is -0.0380. The van der Waals surface area contributed by atoms with Gasteiger partial charge in [0.05, 0.1) is 37.1 Å². The standard InChI is InChI=1S/C20H27N5O5/c1-5-12-8-15-21-16-14(17(26)25(15)22-12)10-23(18(16)27)9-13-11-29-7-6-24(13)19(28)30-20(2,3)4/h8,13,21H,5-7,9-11H2,1-4H3/t13-/m1/s1. The van der Waals surface area contributed by atoms with E-state index in [4.69, 9.17) is 9.47 Å². The average Bonchev–Trinajstić information content (AvgIpc) is 3.24. The average molecular weight is 417 g/mol. The fourth-order valence-electron chi connectivity index (χ4n) is 3.80. The molecule has 0 bridgehead atoms. The highest BCUT2D eigenvalue weighted by Gasteiger charge is 2.37. The van der Waals surface area contributed by atoms with E-state index in [2.05, 4.69) is 10.1 Å². The number of aryl methyl sites for hydroxylation is 1. The van der Waals surface area contributed by atoms with Gasteiger partial charge in [0, 0.05) is 19.2 Å². The van der Waals surface area contributed by atoms with Crippen LogP contribution >= 0.6 is 0 Å². The van der Waals surface area contributed by atoms with Crippen LogP contribution in [0, 0.1) is 0 Å². The summed E-state index contributed by atoms with van der Waals surface area (Å²) in [5.41, 5.74) is 1.05. The van der Waals surface area contributed by atoms with Crippen molar-refractivity contribution in [2.45, 2.75) is 52.3 Å². The van der Waals surface area contributed by atoms with Crippen LogP contribution in [0.1, 0.15) is 49.4 Å². The maximum Gasteiger partial charge on any atom is 0.410 e. The van der Waals surface area contributed by atoms with E-state index in [1.807, 2.05) is 27.7 Å². The molecule has 0 aromatic carbocycles. The Labute approximate surface area is 173 Å². The smallest absolute Gasteiger partial charge is 0.410 e. The van der Waals surface area contributed by atoms with Crippen molar-refractivity contribution in [3.05, 3.63) is 33.4 Å². The first-order valence-electron chi connectivity index (χ1n) is 10.2. The maximum absolute atomic E-state index is 13.0. The van der Waals surface area contributed by atoms with Crippen LogP contribution in [0.3, 0.4) is 0 Å². The van der Waals surface area contributed by atoms with Gasteiger partial charge in [-0.2, -0.15) is 9.61 Å². The normalized spacial score (nSPS) is 19.5. The third kappa shape index (κ3) is 3.67. The number of carbonyl (C=O) groups is 2. The number of nitrogens with zero attached hydrogens (tertiary/aromatic N) is 4. The lowest BCUT2D eigenvalue weighted by atomic mass is 10.2. The number of ether oxygens (including phenoxy) is 2. The van der Waals surface area contributed by atoms with E-state index in [0.717, 1.165) is 5.69 Å². The van der Waals surface area contributed by atoms with Crippen LogP contribution in [0.15, 0.2) is 10.9 Å². The quantitative estimate of drug-likeness (QED) is 0.803. The number of H-pyrrole nitrogens is 1.